The second-order valence-corrected chi connectivity index (χ2v) is 10.6. The van der Waals surface area contributed by atoms with Gasteiger partial charge in [-0.15, -0.1) is 22.7 Å². The van der Waals surface area contributed by atoms with E-state index in [1.165, 1.54) is 11.8 Å². The summed E-state index contributed by atoms with van der Waals surface area (Å²) >= 11 is 10.6. The van der Waals surface area contributed by atoms with E-state index in [-0.39, 0.29) is 14.9 Å². The molecule has 11 heteroatoms. The molecule has 0 saturated heterocycles. The Morgan fingerprint density at radius 2 is 1.52 bits per heavy atom. The van der Waals surface area contributed by atoms with Gasteiger partial charge in [0.2, 0.25) is 5.16 Å². The summed E-state index contributed by atoms with van der Waals surface area (Å²) in [7, 11) is 2.64. The van der Waals surface area contributed by atoms with Crippen molar-refractivity contribution in [3.8, 4) is 21.1 Å². The molecule has 4 aromatic rings. The maximum absolute atomic E-state index is 11.5. The van der Waals surface area contributed by atoms with Gasteiger partial charge in [-0.25, -0.2) is 19.9 Å². The molecule has 1 atom stereocenters. The number of thiophene rings is 2. The van der Waals surface area contributed by atoms with Crippen LogP contribution in [-0.2, 0) is 10.8 Å². The minimum absolute atomic E-state index is 0. The lowest BCUT2D eigenvalue weighted by Gasteiger charge is -2.12. The van der Waals surface area contributed by atoms with Crippen molar-refractivity contribution in [1.82, 2.24) is 19.9 Å². The highest BCUT2D eigenvalue weighted by Gasteiger charge is 2.11. The summed E-state index contributed by atoms with van der Waals surface area (Å²) in [6.07, 6.45) is 3.52. The molecular formula is C22H28ClN5OS4. The average Bonchev–Trinajstić information content (AvgIpc) is 3.47. The van der Waals surface area contributed by atoms with Crippen molar-refractivity contribution in [2.24, 2.45) is 0 Å². The topological polar surface area (TPSA) is 71.9 Å². The Morgan fingerprint density at radius 3 is 1.97 bits per heavy atom. The molecule has 0 aromatic carbocycles. The van der Waals surface area contributed by atoms with Crippen LogP contribution in [0, 0.1) is 0 Å². The number of nitrogens with zero attached hydrogens (tertiary/aromatic N) is 5. The third-order valence-corrected chi connectivity index (χ3v) is 7.03. The number of hydrogen-bond acceptors (Lipinski definition) is 9. The number of anilines is 1. The van der Waals surface area contributed by atoms with E-state index in [9.17, 15) is 4.21 Å². The Labute approximate surface area is 216 Å². The first-order valence-electron chi connectivity index (χ1n) is 8.93. The number of hydrogen-bond donors (Lipinski definition) is 0. The molecule has 0 saturated carbocycles. The van der Waals surface area contributed by atoms with Crippen molar-refractivity contribution >= 4 is 62.7 Å². The fraction of sp³-hybridized carbons (Fsp3) is 0.273. The van der Waals surface area contributed by atoms with Gasteiger partial charge in [-0.1, -0.05) is 50.3 Å². The average molecular weight is 542 g/mol. The highest BCUT2D eigenvalue weighted by Crippen LogP contribution is 2.27. The number of aromatic nitrogens is 4. The zero-order valence-electron chi connectivity index (χ0n) is 17.3. The standard InChI is InChI=1S/C11H13N3OS2.C9H7ClN2S2.2CH4/c1-14(2)10-7-8(9-5-4-6-16-9)12-11(13-10)17(3)15;1-13-9-11-6(5-8(10)12-9)7-3-2-4-14-7;;/h4-7H,1-3H3;2-5H,1H3;2*1H4. The highest BCUT2D eigenvalue weighted by atomic mass is 35.5. The smallest absolute Gasteiger partial charge is 0.220 e. The first-order valence-corrected chi connectivity index (χ1v) is 13.9. The van der Waals surface area contributed by atoms with E-state index >= 15 is 0 Å². The first-order chi connectivity index (χ1) is 14.9. The second-order valence-electron chi connectivity index (χ2n) is 6.26. The van der Waals surface area contributed by atoms with Crippen molar-refractivity contribution < 1.29 is 4.21 Å². The van der Waals surface area contributed by atoms with Crippen molar-refractivity contribution in [1.29, 1.82) is 0 Å². The van der Waals surface area contributed by atoms with Gasteiger partial charge in [0.25, 0.3) is 0 Å². The van der Waals surface area contributed by atoms with Crippen molar-refractivity contribution in [3.63, 3.8) is 0 Å². The third kappa shape index (κ3) is 8.15. The highest BCUT2D eigenvalue weighted by molar-refractivity contribution is 7.98. The van der Waals surface area contributed by atoms with Crippen LogP contribution in [-0.4, -0.2) is 50.8 Å². The van der Waals surface area contributed by atoms with Crippen molar-refractivity contribution in [2.75, 3.05) is 31.5 Å². The van der Waals surface area contributed by atoms with Crippen LogP contribution in [0.15, 0.2) is 57.5 Å². The Kier molecular flexibility index (Phi) is 12.2. The number of thioether (sulfide) groups is 1. The van der Waals surface area contributed by atoms with E-state index < -0.39 is 10.8 Å². The third-order valence-electron chi connectivity index (χ3n) is 3.81. The van der Waals surface area contributed by atoms with Gasteiger partial charge in [0.05, 0.1) is 31.9 Å². The lowest BCUT2D eigenvalue weighted by molar-refractivity contribution is 0.679. The summed E-state index contributed by atoms with van der Waals surface area (Å²) in [6, 6.07) is 11.7. The molecule has 0 aliphatic carbocycles. The van der Waals surface area contributed by atoms with Gasteiger partial charge < -0.3 is 4.90 Å². The molecular weight excluding hydrogens is 514 g/mol. The SMILES string of the molecule is C.C.CN(C)c1cc(-c2cccs2)nc(S(C)=O)n1.CSc1nc(Cl)cc(-c2cccs2)n1. The van der Waals surface area contributed by atoms with Crippen molar-refractivity contribution in [2.45, 2.75) is 25.2 Å². The molecule has 4 aromatic heterocycles. The fourth-order valence-electron chi connectivity index (χ4n) is 2.36. The minimum atomic E-state index is -1.17. The Bertz CT molecular complexity index is 1150. The van der Waals surface area contributed by atoms with E-state index in [1.807, 2.05) is 66.3 Å². The van der Waals surface area contributed by atoms with Gasteiger partial charge in [0.15, 0.2) is 5.16 Å². The summed E-state index contributed by atoms with van der Waals surface area (Å²) < 4.78 is 11.5. The zero-order valence-corrected chi connectivity index (χ0v) is 21.3. The summed E-state index contributed by atoms with van der Waals surface area (Å²) in [5, 5.41) is 5.59. The van der Waals surface area contributed by atoms with Crippen LogP contribution in [0.4, 0.5) is 5.82 Å². The van der Waals surface area contributed by atoms with Gasteiger partial charge >= 0.3 is 0 Å². The first kappa shape index (κ1) is 29.2. The van der Waals surface area contributed by atoms with Crippen LogP contribution >= 0.6 is 46.0 Å². The van der Waals surface area contributed by atoms with E-state index in [2.05, 4.69) is 19.9 Å². The van der Waals surface area contributed by atoms with Crippen LogP contribution in [0.3, 0.4) is 0 Å². The largest absolute Gasteiger partial charge is 0.363 e. The Balaban J connectivity index is 0.000000316. The molecule has 0 radical (unpaired) electrons. The monoisotopic (exact) mass is 541 g/mol. The predicted molar refractivity (Wildman–Crippen MR) is 148 cm³/mol. The molecule has 4 heterocycles. The fourth-order valence-corrected chi connectivity index (χ4v) is 4.79. The molecule has 178 valence electrons. The van der Waals surface area contributed by atoms with Crippen molar-refractivity contribution in [3.05, 3.63) is 52.3 Å². The number of rotatable bonds is 5. The summed E-state index contributed by atoms with van der Waals surface area (Å²) in [5.41, 5.74) is 1.72. The van der Waals surface area contributed by atoms with Crippen LogP contribution in [0.1, 0.15) is 14.9 Å². The molecule has 6 nitrogen and oxygen atoms in total. The van der Waals surface area contributed by atoms with Gasteiger partial charge in [-0.3, -0.25) is 4.21 Å². The molecule has 0 aliphatic rings. The lowest BCUT2D eigenvalue weighted by Crippen LogP contribution is -2.13. The summed E-state index contributed by atoms with van der Waals surface area (Å²) in [4.78, 5) is 21.1. The van der Waals surface area contributed by atoms with Crippen LogP contribution in [0.25, 0.3) is 21.1 Å². The summed E-state index contributed by atoms with van der Waals surface area (Å²) in [6.45, 7) is 0. The van der Waals surface area contributed by atoms with E-state index in [0.29, 0.717) is 15.5 Å². The maximum Gasteiger partial charge on any atom is 0.220 e. The molecule has 1 unspecified atom stereocenters. The van der Waals surface area contributed by atoms with E-state index in [1.54, 1.807) is 35.0 Å². The van der Waals surface area contributed by atoms with Gasteiger partial charge in [-0.2, -0.15) is 0 Å². The second kappa shape index (κ2) is 13.8. The molecule has 0 bridgehead atoms. The van der Waals surface area contributed by atoms with E-state index in [0.717, 1.165) is 27.0 Å². The quantitative estimate of drug-likeness (QED) is 0.155. The van der Waals surface area contributed by atoms with Gasteiger partial charge in [-0.05, 0) is 29.1 Å². The molecule has 4 rings (SSSR count). The van der Waals surface area contributed by atoms with Gasteiger partial charge in [0.1, 0.15) is 11.0 Å². The lowest BCUT2D eigenvalue weighted by atomic mass is 10.3. The molecule has 33 heavy (non-hydrogen) atoms. The Morgan fingerprint density at radius 1 is 0.939 bits per heavy atom. The molecule has 0 aliphatic heterocycles. The molecule has 0 amide bonds. The van der Waals surface area contributed by atoms with Crippen LogP contribution < -0.4 is 4.90 Å². The molecule has 0 fully saturated rings. The number of halogens is 1. The Hall–Kier alpha value is -1.85. The van der Waals surface area contributed by atoms with Gasteiger partial charge in [0, 0.05) is 32.5 Å². The van der Waals surface area contributed by atoms with Crippen LogP contribution in [0.5, 0.6) is 0 Å². The molecule has 0 spiro atoms. The van der Waals surface area contributed by atoms with E-state index in [4.69, 9.17) is 11.6 Å². The summed E-state index contributed by atoms with van der Waals surface area (Å²) in [5.74, 6) is 0.772. The zero-order chi connectivity index (χ0) is 22.4. The normalized spacial score (nSPS) is 10.8. The predicted octanol–water partition coefficient (Wildman–Crippen LogP) is 6.86. The van der Waals surface area contributed by atoms with Crippen LogP contribution in [0.2, 0.25) is 5.15 Å². The molecule has 0 N–H and O–H groups in total. The maximum atomic E-state index is 11.5. The minimum Gasteiger partial charge on any atom is -0.363 e.